The predicted molar refractivity (Wildman–Crippen MR) is 80.0 cm³/mol. The van der Waals surface area contributed by atoms with Crippen LogP contribution in [0.25, 0.3) is 10.8 Å². The maximum atomic E-state index is 12.6. The van der Waals surface area contributed by atoms with Gasteiger partial charge in [-0.1, -0.05) is 35.9 Å². The number of carbonyl (C=O) groups excluding carboxylic acids is 1. The van der Waals surface area contributed by atoms with E-state index in [1.54, 1.807) is 19.2 Å². The van der Waals surface area contributed by atoms with Crippen LogP contribution >= 0.6 is 11.6 Å². The summed E-state index contributed by atoms with van der Waals surface area (Å²) >= 11 is 6.02. The Kier molecular flexibility index (Phi) is 2.95. The third-order valence-electron chi connectivity index (χ3n) is 3.27. The van der Waals surface area contributed by atoms with Gasteiger partial charge in [0.25, 0.3) is 0 Å². The van der Waals surface area contributed by atoms with Crippen molar-refractivity contribution < 1.29 is 4.79 Å². The van der Waals surface area contributed by atoms with E-state index >= 15 is 0 Å². The molecule has 0 fully saturated rings. The lowest BCUT2D eigenvalue weighted by molar-refractivity contribution is 0.103. The first-order valence-electron chi connectivity index (χ1n) is 6.08. The van der Waals surface area contributed by atoms with Gasteiger partial charge in [0.1, 0.15) is 5.69 Å². The van der Waals surface area contributed by atoms with Crippen molar-refractivity contribution in [3.8, 4) is 0 Å². The molecule has 1 heterocycles. The lowest BCUT2D eigenvalue weighted by Gasteiger charge is -2.08. The van der Waals surface area contributed by atoms with Gasteiger partial charge in [-0.15, -0.1) is 0 Å². The number of carbonyl (C=O) groups is 1. The number of hydrogen-bond donors (Lipinski definition) is 1. The summed E-state index contributed by atoms with van der Waals surface area (Å²) in [4.78, 5) is 12.6. The maximum Gasteiger partial charge on any atom is 0.214 e. The van der Waals surface area contributed by atoms with E-state index in [1.165, 1.54) is 10.9 Å². The lowest BCUT2D eigenvalue weighted by atomic mass is 10.0. The normalized spacial score (nSPS) is 10.9. The summed E-state index contributed by atoms with van der Waals surface area (Å²) in [5.41, 5.74) is 7.22. The fraction of sp³-hybridized carbons (Fsp3) is 0.0667. The second-order valence-corrected chi connectivity index (χ2v) is 4.99. The highest BCUT2D eigenvalue weighted by atomic mass is 35.5. The summed E-state index contributed by atoms with van der Waals surface area (Å²) in [6, 6.07) is 11.3. The van der Waals surface area contributed by atoms with E-state index < -0.39 is 0 Å². The zero-order valence-electron chi connectivity index (χ0n) is 10.8. The zero-order valence-corrected chi connectivity index (χ0v) is 11.6. The third kappa shape index (κ3) is 1.94. The Morgan fingerprint density at radius 2 is 1.90 bits per heavy atom. The van der Waals surface area contributed by atoms with Crippen molar-refractivity contribution in [1.82, 2.24) is 9.78 Å². The van der Waals surface area contributed by atoms with Gasteiger partial charge >= 0.3 is 0 Å². The van der Waals surface area contributed by atoms with Crippen LogP contribution in [0.4, 0.5) is 5.69 Å². The summed E-state index contributed by atoms with van der Waals surface area (Å²) in [6.45, 7) is 0. The molecular formula is C15H12ClN3O. The standard InChI is InChI=1S/C15H12ClN3O/c1-19-14(12(16)8-18-19)15(20)11-6-9-4-2-3-5-10(9)7-13(11)17/h2-8H,17H2,1H3. The largest absolute Gasteiger partial charge is 0.398 e. The van der Waals surface area contributed by atoms with E-state index in [-0.39, 0.29) is 5.78 Å². The Bertz CT molecular complexity index is 804. The van der Waals surface area contributed by atoms with Crippen LogP contribution in [0, 0.1) is 0 Å². The molecular weight excluding hydrogens is 274 g/mol. The molecule has 0 saturated heterocycles. The van der Waals surface area contributed by atoms with Crippen LogP contribution in [0.15, 0.2) is 42.6 Å². The second-order valence-electron chi connectivity index (χ2n) is 4.58. The van der Waals surface area contributed by atoms with Crippen LogP contribution in [-0.4, -0.2) is 15.6 Å². The van der Waals surface area contributed by atoms with Gasteiger partial charge in [-0.05, 0) is 22.9 Å². The van der Waals surface area contributed by atoms with E-state index in [0.717, 1.165) is 10.8 Å². The highest BCUT2D eigenvalue weighted by Crippen LogP contribution is 2.26. The van der Waals surface area contributed by atoms with E-state index in [9.17, 15) is 4.79 Å². The number of fused-ring (bicyclic) bond motifs is 1. The molecule has 3 rings (SSSR count). The number of aromatic nitrogens is 2. The number of halogens is 1. The molecule has 0 unspecified atom stereocenters. The molecule has 0 spiro atoms. The Hall–Kier alpha value is -2.33. The van der Waals surface area contributed by atoms with Gasteiger partial charge in [-0.2, -0.15) is 5.10 Å². The minimum Gasteiger partial charge on any atom is -0.398 e. The van der Waals surface area contributed by atoms with Crippen molar-refractivity contribution in [1.29, 1.82) is 0 Å². The van der Waals surface area contributed by atoms with Gasteiger partial charge < -0.3 is 5.73 Å². The van der Waals surface area contributed by atoms with E-state index in [0.29, 0.717) is 22.0 Å². The monoisotopic (exact) mass is 285 g/mol. The Morgan fingerprint density at radius 1 is 1.25 bits per heavy atom. The molecule has 4 nitrogen and oxygen atoms in total. The highest BCUT2D eigenvalue weighted by Gasteiger charge is 2.20. The molecule has 5 heteroatoms. The quantitative estimate of drug-likeness (QED) is 0.581. The lowest BCUT2D eigenvalue weighted by Crippen LogP contribution is -2.11. The topological polar surface area (TPSA) is 60.9 Å². The van der Waals surface area contributed by atoms with Crippen LogP contribution in [0.3, 0.4) is 0 Å². The summed E-state index contributed by atoms with van der Waals surface area (Å²) < 4.78 is 1.46. The molecule has 0 aliphatic heterocycles. The van der Waals surface area contributed by atoms with E-state index in [2.05, 4.69) is 5.10 Å². The number of ketones is 1. The number of benzene rings is 2. The van der Waals surface area contributed by atoms with E-state index in [1.807, 2.05) is 24.3 Å². The van der Waals surface area contributed by atoms with Gasteiger partial charge in [0.05, 0.1) is 11.2 Å². The first-order valence-corrected chi connectivity index (χ1v) is 6.46. The minimum atomic E-state index is -0.224. The zero-order chi connectivity index (χ0) is 14.3. The summed E-state index contributed by atoms with van der Waals surface area (Å²) in [5, 5.41) is 6.26. The molecule has 20 heavy (non-hydrogen) atoms. The van der Waals surface area contributed by atoms with Crippen molar-refractivity contribution in [2.45, 2.75) is 0 Å². The van der Waals surface area contributed by atoms with Crippen molar-refractivity contribution in [2.75, 3.05) is 5.73 Å². The molecule has 2 aromatic carbocycles. The van der Waals surface area contributed by atoms with Crippen LogP contribution in [0.5, 0.6) is 0 Å². The summed E-state index contributed by atoms with van der Waals surface area (Å²) in [5.74, 6) is -0.224. The fourth-order valence-electron chi connectivity index (χ4n) is 2.25. The van der Waals surface area contributed by atoms with Gasteiger partial charge in [0.15, 0.2) is 0 Å². The average molecular weight is 286 g/mol. The van der Waals surface area contributed by atoms with Crippen LogP contribution < -0.4 is 5.73 Å². The van der Waals surface area contributed by atoms with Crippen LogP contribution in [0.2, 0.25) is 5.02 Å². The minimum absolute atomic E-state index is 0.224. The fourth-order valence-corrected chi connectivity index (χ4v) is 2.50. The van der Waals surface area contributed by atoms with Gasteiger partial charge in [-0.25, -0.2) is 0 Å². The molecule has 0 saturated carbocycles. The molecule has 2 N–H and O–H groups in total. The number of nitrogens with zero attached hydrogens (tertiary/aromatic N) is 2. The summed E-state index contributed by atoms with van der Waals surface area (Å²) in [6.07, 6.45) is 1.45. The van der Waals surface area contributed by atoms with Gasteiger partial charge in [0, 0.05) is 18.3 Å². The van der Waals surface area contributed by atoms with Crippen molar-refractivity contribution in [3.05, 3.63) is 58.9 Å². The average Bonchev–Trinajstić information content (AvgIpc) is 2.76. The molecule has 100 valence electrons. The van der Waals surface area contributed by atoms with Crippen molar-refractivity contribution in [3.63, 3.8) is 0 Å². The third-order valence-corrected chi connectivity index (χ3v) is 3.55. The number of hydrogen-bond acceptors (Lipinski definition) is 3. The molecule has 0 aliphatic carbocycles. The SMILES string of the molecule is Cn1ncc(Cl)c1C(=O)c1cc2ccccc2cc1N. The Morgan fingerprint density at radius 3 is 2.50 bits per heavy atom. The summed E-state index contributed by atoms with van der Waals surface area (Å²) in [7, 11) is 1.68. The molecule has 1 aromatic heterocycles. The second kappa shape index (κ2) is 4.65. The van der Waals surface area contributed by atoms with Gasteiger partial charge in [0.2, 0.25) is 5.78 Å². The maximum absolute atomic E-state index is 12.6. The molecule has 0 amide bonds. The van der Waals surface area contributed by atoms with Crippen LogP contribution in [0.1, 0.15) is 16.1 Å². The predicted octanol–water partition coefficient (Wildman–Crippen LogP) is 3.04. The van der Waals surface area contributed by atoms with Crippen LogP contribution in [-0.2, 0) is 7.05 Å². The number of nitrogen functional groups attached to an aromatic ring is 1. The number of anilines is 1. The number of aryl methyl sites for hydroxylation is 1. The molecule has 0 bridgehead atoms. The molecule has 0 radical (unpaired) electrons. The first kappa shape index (κ1) is 12.7. The number of nitrogens with two attached hydrogens (primary N) is 1. The Labute approximate surface area is 120 Å². The molecule has 0 atom stereocenters. The molecule has 0 aliphatic rings. The van der Waals surface area contributed by atoms with Crippen molar-refractivity contribution >= 4 is 33.8 Å². The highest BCUT2D eigenvalue weighted by molar-refractivity contribution is 6.34. The van der Waals surface area contributed by atoms with E-state index in [4.69, 9.17) is 17.3 Å². The van der Waals surface area contributed by atoms with Crippen molar-refractivity contribution in [2.24, 2.45) is 7.05 Å². The first-order chi connectivity index (χ1) is 9.58. The smallest absolute Gasteiger partial charge is 0.214 e. The molecule has 3 aromatic rings. The number of rotatable bonds is 2. The van der Waals surface area contributed by atoms with Gasteiger partial charge in [-0.3, -0.25) is 9.48 Å². The Balaban J connectivity index is 2.19.